The summed E-state index contributed by atoms with van der Waals surface area (Å²) in [6.07, 6.45) is 2.35. The molecule has 0 bridgehead atoms. The van der Waals surface area contributed by atoms with Crippen molar-refractivity contribution in [3.8, 4) is 0 Å². The number of benzene rings is 1. The number of nitrogens with zero attached hydrogens (tertiary/aromatic N) is 1. The normalized spacial score (nSPS) is 11.0. The molecule has 0 saturated carbocycles. The van der Waals surface area contributed by atoms with Gasteiger partial charge >= 0.3 is 0 Å². The quantitative estimate of drug-likeness (QED) is 0.641. The molecular weight excluding hydrogens is 293 g/mol. The number of rotatable bonds is 7. The van der Waals surface area contributed by atoms with E-state index in [1.54, 1.807) is 6.07 Å². The Labute approximate surface area is 119 Å². The maximum Gasteiger partial charge on any atom is 0.129 e. The molecular formula is C15H23BrFN. The summed E-state index contributed by atoms with van der Waals surface area (Å²) in [4.78, 5) is 2.29. The van der Waals surface area contributed by atoms with Gasteiger partial charge in [-0.3, -0.25) is 0 Å². The van der Waals surface area contributed by atoms with E-state index in [4.69, 9.17) is 0 Å². The summed E-state index contributed by atoms with van der Waals surface area (Å²) in [6, 6.07) is 5.35. The SMILES string of the molecule is CCC(CC)CN(CC)c1cccc(F)c1CBr. The van der Waals surface area contributed by atoms with Crippen molar-refractivity contribution < 1.29 is 4.39 Å². The van der Waals surface area contributed by atoms with Gasteiger partial charge < -0.3 is 4.90 Å². The van der Waals surface area contributed by atoms with Gasteiger partial charge in [0.05, 0.1) is 0 Å². The van der Waals surface area contributed by atoms with Crippen LogP contribution in [0, 0.1) is 11.7 Å². The molecule has 3 heteroatoms. The summed E-state index contributed by atoms with van der Waals surface area (Å²) in [6.45, 7) is 8.50. The molecule has 1 nitrogen and oxygen atoms in total. The highest BCUT2D eigenvalue weighted by Gasteiger charge is 2.15. The maximum atomic E-state index is 13.8. The minimum Gasteiger partial charge on any atom is -0.371 e. The number of alkyl halides is 1. The second-order valence-electron chi connectivity index (χ2n) is 4.59. The van der Waals surface area contributed by atoms with Gasteiger partial charge in [-0.05, 0) is 25.0 Å². The van der Waals surface area contributed by atoms with E-state index < -0.39 is 0 Å². The zero-order valence-electron chi connectivity index (χ0n) is 11.5. The highest BCUT2D eigenvalue weighted by molar-refractivity contribution is 9.08. The number of hydrogen-bond donors (Lipinski definition) is 0. The van der Waals surface area contributed by atoms with Crippen molar-refractivity contribution in [2.24, 2.45) is 5.92 Å². The van der Waals surface area contributed by atoms with Crippen molar-refractivity contribution in [1.29, 1.82) is 0 Å². The molecule has 1 rings (SSSR count). The molecule has 18 heavy (non-hydrogen) atoms. The Bertz CT molecular complexity index is 364. The lowest BCUT2D eigenvalue weighted by Gasteiger charge is -2.29. The van der Waals surface area contributed by atoms with Gasteiger partial charge in [-0.25, -0.2) is 4.39 Å². The standard InChI is InChI=1S/C15H23BrFN/c1-4-12(5-2)11-18(6-3)15-9-7-8-14(17)13(15)10-16/h7-9,12H,4-6,10-11H2,1-3H3. The van der Waals surface area contributed by atoms with Crippen LogP contribution >= 0.6 is 15.9 Å². The first kappa shape index (κ1) is 15.5. The van der Waals surface area contributed by atoms with E-state index in [1.165, 1.54) is 18.9 Å². The second-order valence-corrected chi connectivity index (χ2v) is 5.15. The fourth-order valence-corrected chi connectivity index (χ4v) is 2.79. The van der Waals surface area contributed by atoms with Gasteiger partial charge in [-0.1, -0.05) is 48.7 Å². The first-order chi connectivity index (χ1) is 8.67. The summed E-state index contributed by atoms with van der Waals surface area (Å²) in [5.41, 5.74) is 1.80. The van der Waals surface area contributed by atoms with Crippen molar-refractivity contribution in [3.63, 3.8) is 0 Å². The molecule has 0 aliphatic carbocycles. The molecule has 0 N–H and O–H groups in total. The first-order valence-corrected chi connectivity index (χ1v) is 7.88. The lowest BCUT2D eigenvalue weighted by molar-refractivity contribution is 0.485. The van der Waals surface area contributed by atoms with Gasteiger partial charge in [0.2, 0.25) is 0 Å². The molecule has 102 valence electrons. The molecule has 0 spiro atoms. The van der Waals surface area contributed by atoms with Crippen molar-refractivity contribution in [2.45, 2.75) is 38.9 Å². The number of anilines is 1. The average molecular weight is 316 g/mol. The Morgan fingerprint density at radius 2 is 1.89 bits per heavy atom. The van der Waals surface area contributed by atoms with E-state index in [0.29, 0.717) is 11.2 Å². The number of hydrogen-bond acceptors (Lipinski definition) is 1. The largest absolute Gasteiger partial charge is 0.371 e. The van der Waals surface area contributed by atoms with E-state index in [0.717, 1.165) is 24.3 Å². The monoisotopic (exact) mass is 315 g/mol. The van der Waals surface area contributed by atoms with Gasteiger partial charge in [0.25, 0.3) is 0 Å². The van der Waals surface area contributed by atoms with Crippen LogP contribution in [0.5, 0.6) is 0 Å². The topological polar surface area (TPSA) is 3.24 Å². The highest BCUT2D eigenvalue weighted by atomic mass is 79.9. The Kier molecular flexibility index (Phi) is 6.69. The third-order valence-corrected chi connectivity index (χ3v) is 4.14. The summed E-state index contributed by atoms with van der Waals surface area (Å²) in [5, 5.41) is 0.564. The summed E-state index contributed by atoms with van der Waals surface area (Å²) in [5.74, 6) is 0.559. The number of halogens is 2. The van der Waals surface area contributed by atoms with E-state index >= 15 is 0 Å². The molecule has 0 amide bonds. The summed E-state index contributed by atoms with van der Waals surface area (Å²) < 4.78 is 13.8. The molecule has 0 fully saturated rings. The van der Waals surface area contributed by atoms with Crippen molar-refractivity contribution in [1.82, 2.24) is 0 Å². The molecule has 0 radical (unpaired) electrons. The van der Waals surface area contributed by atoms with Crippen LogP contribution in [0.2, 0.25) is 0 Å². The van der Waals surface area contributed by atoms with Crippen LogP contribution in [0.4, 0.5) is 10.1 Å². The molecule has 0 atom stereocenters. The third-order valence-electron chi connectivity index (χ3n) is 3.58. The molecule has 0 aliphatic rings. The van der Waals surface area contributed by atoms with Crippen LogP contribution in [-0.4, -0.2) is 13.1 Å². The zero-order chi connectivity index (χ0) is 13.5. The first-order valence-electron chi connectivity index (χ1n) is 6.76. The van der Waals surface area contributed by atoms with Crippen LogP contribution in [-0.2, 0) is 5.33 Å². The Hall–Kier alpha value is -0.570. The average Bonchev–Trinajstić information content (AvgIpc) is 2.40. The molecule has 0 saturated heterocycles. The second kappa shape index (κ2) is 7.78. The predicted molar refractivity (Wildman–Crippen MR) is 81.0 cm³/mol. The lowest BCUT2D eigenvalue weighted by Crippen LogP contribution is -2.30. The van der Waals surface area contributed by atoms with Crippen LogP contribution in [0.3, 0.4) is 0 Å². The zero-order valence-corrected chi connectivity index (χ0v) is 13.1. The molecule has 0 aliphatic heterocycles. The van der Waals surface area contributed by atoms with Crippen molar-refractivity contribution in [2.75, 3.05) is 18.0 Å². The molecule has 0 heterocycles. The third kappa shape index (κ3) is 3.71. The van der Waals surface area contributed by atoms with E-state index in [1.807, 2.05) is 6.07 Å². The van der Waals surface area contributed by atoms with E-state index in [2.05, 4.69) is 41.6 Å². The molecule has 1 aromatic carbocycles. The molecule has 0 aromatic heterocycles. The van der Waals surface area contributed by atoms with E-state index in [9.17, 15) is 4.39 Å². The smallest absolute Gasteiger partial charge is 0.129 e. The van der Waals surface area contributed by atoms with Crippen molar-refractivity contribution >= 4 is 21.6 Å². The van der Waals surface area contributed by atoms with Crippen LogP contribution in [0.1, 0.15) is 39.2 Å². The van der Waals surface area contributed by atoms with Gasteiger partial charge in [0.1, 0.15) is 5.82 Å². The fraction of sp³-hybridized carbons (Fsp3) is 0.600. The summed E-state index contributed by atoms with van der Waals surface area (Å²) >= 11 is 3.39. The Balaban J connectivity index is 2.97. The fourth-order valence-electron chi connectivity index (χ4n) is 2.23. The lowest BCUT2D eigenvalue weighted by atomic mass is 10.0. The predicted octanol–water partition coefficient (Wildman–Crippen LogP) is 4.98. The minimum absolute atomic E-state index is 0.118. The van der Waals surface area contributed by atoms with E-state index in [-0.39, 0.29) is 5.82 Å². The van der Waals surface area contributed by atoms with Gasteiger partial charge in [-0.15, -0.1) is 0 Å². The Morgan fingerprint density at radius 3 is 2.39 bits per heavy atom. The van der Waals surface area contributed by atoms with Crippen molar-refractivity contribution in [3.05, 3.63) is 29.6 Å². The van der Waals surface area contributed by atoms with Crippen LogP contribution < -0.4 is 4.90 Å². The van der Waals surface area contributed by atoms with Crippen LogP contribution in [0.25, 0.3) is 0 Å². The maximum absolute atomic E-state index is 13.8. The molecule has 0 unspecified atom stereocenters. The van der Waals surface area contributed by atoms with Gasteiger partial charge in [0.15, 0.2) is 0 Å². The van der Waals surface area contributed by atoms with Gasteiger partial charge in [-0.2, -0.15) is 0 Å². The Morgan fingerprint density at radius 1 is 1.22 bits per heavy atom. The van der Waals surface area contributed by atoms with Gasteiger partial charge in [0, 0.05) is 29.7 Å². The van der Waals surface area contributed by atoms with Crippen LogP contribution in [0.15, 0.2) is 18.2 Å². The minimum atomic E-state index is -0.118. The summed E-state index contributed by atoms with van der Waals surface area (Å²) in [7, 11) is 0. The highest BCUT2D eigenvalue weighted by Crippen LogP contribution is 2.27. The molecule has 1 aromatic rings.